The molecular weight excluding hydrogens is 472 g/mol. The van der Waals surface area contributed by atoms with Gasteiger partial charge in [-0.25, -0.2) is 8.42 Å². The number of amides is 1. The highest BCUT2D eigenvalue weighted by Gasteiger charge is 2.28. The number of benzene rings is 2. The highest BCUT2D eigenvalue weighted by Crippen LogP contribution is 2.33. The molecular formula is C25H34N2O5S2. The van der Waals surface area contributed by atoms with Gasteiger partial charge in [0.1, 0.15) is 6.54 Å². The third-order valence-corrected chi connectivity index (χ3v) is 8.96. The van der Waals surface area contributed by atoms with E-state index in [0.717, 1.165) is 21.2 Å². The van der Waals surface area contributed by atoms with Gasteiger partial charge in [-0.3, -0.25) is 9.10 Å². The molecule has 0 saturated heterocycles. The van der Waals surface area contributed by atoms with Crippen molar-refractivity contribution in [3.8, 4) is 11.5 Å². The highest BCUT2D eigenvalue weighted by molar-refractivity contribution is 7.99. The summed E-state index contributed by atoms with van der Waals surface area (Å²) in [4.78, 5) is 12.8. The predicted octanol–water partition coefficient (Wildman–Crippen LogP) is 4.31. The van der Waals surface area contributed by atoms with E-state index in [4.69, 9.17) is 9.47 Å². The first-order valence-corrected chi connectivity index (χ1v) is 13.9. The van der Waals surface area contributed by atoms with Gasteiger partial charge in [0.15, 0.2) is 11.5 Å². The van der Waals surface area contributed by atoms with Crippen LogP contribution in [0.3, 0.4) is 0 Å². The minimum atomic E-state index is -4.05. The number of rotatable bonds is 11. The fraction of sp³-hybridized carbons (Fsp3) is 0.480. The Morgan fingerprint density at radius 1 is 1.03 bits per heavy atom. The number of ether oxygens (including phenoxy) is 2. The summed E-state index contributed by atoms with van der Waals surface area (Å²) in [6.45, 7) is 4.00. The second kappa shape index (κ2) is 11.8. The first-order valence-electron chi connectivity index (χ1n) is 11.5. The molecule has 0 atom stereocenters. The van der Waals surface area contributed by atoms with Crippen molar-refractivity contribution >= 4 is 33.4 Å². The number of thioether (sulfide) groups is 1. The molecule has 1 amide bonds. The Kier molecular flexibility index (Phi) is 9.13. The van der Waals surface area contributed by atoms with Crippen LogP contribution in [0.15, 0.2) is 41.3 Å². The lowest BCUT2D eigenvalue weighted by molar-refractivity contribution is -0.119. The van der Waals surface area contributed by atoms with Crippen LogP contribution in [0.2, 0.25) is 0 Å². The first-order chi connectivity index (χ1) is 16.2. The minimum Gasteiger partial charge on any atom is -0.493 e. The van der Waals surface area contributed by atoms with Crippen molar-refractivity contribution in [3.05, 3.63) is 47.5 Å². The van der Waals surface area contributed by atoms with Crippen molar-refractivity contribution in [1.82, 2.24) is 5.32 Å². The molecule has 186 valence electrons. The van der Waals surface area contributed by atoms with E-state index in [1.807, 2.05) is 31.7 Å². The predicted molar refractivity (Wildman–Crippen MR) is 138 cm³/mol. The first kappa shape index (κ1) is 26.2. The molecule has 9 heteroatoms. The van der Waals surface area contributed by atoms with Crippen molar-refractivity contribution in [2.75, 3.05) is 37.4 Å². The van der Waals surface area contributed by atoms with Crippen LogP contribution in [-0.4, -0.2) is 52.6 Å². The van der Waals surface area contributed by atoms with E-state index in [1.54, 1.807) is 18.2 Å². The number of carbonyl (C=O) groups is 1. The van der Waals surface area contributed by atoms with E-state index < -0.39 is 10.0 Å². The summed E-state index contributed by atoms with van der Waals surface area (Å²) in [5.74, 6) is 1.21. The van der Waals surface area contributed by atoms with Crippen LogP contribution >= 0.6 is 11.8 Å². The van der Waals surface area contributed by atoms with Crippen molar-refractivity contribution < 1.29 is 22.7 Å². The molecule has 0 radical (unpaired) electrons. The van der Waals surface area contributed by atoms with Gasteiger partial charge in [-0.1, -0.05) is 18.9 Å². The van der Waals surface area contributed by atoms with Gasteiger partial charge < -0.3 is 14.8 Å². The maximum absolute atomic E-state index is 13.7. The van der Waals surface area contributed by atoms with Crippen molar-refractivity contribution in [1.29, 1.82) is 0 Å². The summed E-state index contributed by atoms with van der Waals surface area (Å²) in [7, 11) is -1.11. The third-order valence-electron chi connectivity index (χ3n) is 5.80. The Morgan fingerprint density at radius 3 is 2.29 bits per heavy atom. The van der Waals surface area contributed by atoms with E-state index in [2.05, 4.69) is 5.32 Å². The Bertz CT molecular complexity index is 1080. The molecule has 1 aliphatic carbocycles. The molecule has 0 aromatic heterocycles. The van der Waals surface area contributed by atoms with Gasteiger partial charge in [-0.2, -0.15) is 11.8 Å². The Hall–Kier alpha value is -2.39. The molecule has 0 bridgehead atoms. The molecule has 34 heavy (non-hydrogen) atoms. The third kappa shape index (κ3) is 6.60. The van der Waals surface area contributed by atoms with Gasteiger partial charge in [-0.15, -0.1) is 0 Å². The number of sulfonamides is 1. The van der Waals surface area contributed by atoms with Gasteiger partial charge in [0.2, 0.25) is 5.91 Å². The van der Waals surface area contributed by atoms with Gasteiger partial charge in [0.05, 0.1) is 24.8 Å². The van der Waals surface area contributed by atoms with E-state index in [9.17, 15) is 13.2 Å². The van der Waals surface area contributed by atoms with Gasteiger partial charge >= 0.3 is 0 Å². The number of anilines is 1. The molecule has 7 nitrogen and oxygen atoms in total. The molecule has 0 unspecified atom stereocenters. The molecule has 1 fully saturated rings. The maximum atomic E-state index is 13.7. The van der Waals surface area contributed by atoms with Gasteiger partial charge in [0.25, 0.3) is 10.0 Å². The van der Waals surface area contributed by atoms with Crippen molar-refractivity contribution in [2.24, 2.45) is 0 Å². The Balaban J connectivity index is 1.82. The van der Waals surface area contributed by atoms with Crippen LogP contribution < -0.4 is 19.1 Å². The molecule has 0 aliphatic heterocycles. The van der Waals surface area contributed by atoms with Crippen molar-refractivity contribution in [3.63, 3.8) is 0 Å². The van der Waals surface area contributed by atoms with Crippen LogP contribution in [-0.2, 0) is 14.8 Å². The quantitative estimate of drug-likeness (QED) is 0.457. The number of aryl methyl sites for hydroxylation is 2. The average Bonchev–Trinajstić information content (AvgIpc) is 3.32. The van der Waals surface area contributed by atoms with Gasteiger partial charge in [-0.05, 0) is 62.1 Å². The summed E-state index contributed by atoms with van der Waals surface area (Å²) < 4.78 is 39.1. The van der Waals surface area contributed by atoms with E-state index >= 15 is 0 Å². The molecule has 2 aromatic carbocycles. The highest BCUT2D eigenvalue weighted by atomic mass is 32.2. The molecule has 2 aromatic rings. The lowest BCUT2D eigenvalue weighted by Crippen LogP contribution is -2.41. The summed E-state index contributed by atoms with van der Waals surface area (Å²) in [5.41, 5.74) is 2.27. The smallest absolute Gasteiger partial charge is 0.264 e. The fourth-order valence-electron chi connectivity index (χ4n) is 4.17. The Labute approximate surface area is 207 Å². The van der Waals surface area contributed by atoms with Crippen LogP contribution in [0.1, 0.15) is 36.8 Å². The molecule has 1 N–H and O–H groups in total. The Morgan fingerprint density at radius 2 is 1.68 bits per heavy atom. The average molecular weight is 507 g/mol. The zero-order valence-electron chi connectivity index (χ0n) is 20.3. The van der Waals surface area contributed by atoms with Crippen LogP contribution in [0.4, 0.5) is 5.69 Å². The summed E-state index contributed by atoms with van der Waals surface area (Å²) in [6, 6.07) is 9.93. The summed E-state index contributed by atoms with van der Waals surface area (Å²) in [6.07, 6.45) is 5.04. The monoisotopic (exact) mass is 506 g/mol. The molecule has 0 heterocycles. The molecule has 0 spiro atoms. The topological polar surface area (TPSA) is 84.9 Å². The lowest BCUT2D eigenvalue weighted by atomic mass is 10.1. The summed E-state index contributed by atoms with van der Waals surface area (Å²) in [5, 5.41) is 3.56. The SMILES string of the molecule is COc1ccc(S(=O)(=O)N(CC(=O)NCCSC2CCCC2)c2cc(C)cc(C)c2)cc1OC. The normalized spacial score (nSPS) is 14.1. The van der Waals surface area contributed by atoms with Crippen LogP contribution in [0.25, 0.3) is 0 Å². The standard InChI is InChI=1S/C25H34N2O5S2/c1-18-13-19(2)15-20(14-18)27(17-25(28)26-11-12-33-21-7-5-6-8-21)34(29,30)22-9-10-23(31-3)24(16-22)32-4/h9-10,13-16,21H,5-8,11-12,17H2,1-4H3,(H,26,28). The molecule has 1 saturated carbocycles. The molecule has 3 rings (SSSR count). The number of hydrogen-bond acceptors (Lipinski definition) is 6. The van der Waals surface area contributed by atoms with Crippen LogP contribution in [0.5, 0.6) is 11.5 Å². The maximum Gasteiger partial charge on any atom is 0.264 e. The van der Waals surface area contributed by atoms with Crippen LogP contribution in [0, 0.1) is 13.8 Å². The largest absolute Gasteiger partial charge is 0.493 e. The summed E-state index contributed by atoms with van der Waals surface area (Å²) >= 11 is 1.88. The minimum absolute atomic E-state index is 0.0221. The number of nitrogens with zero attached hydrogens (tertiary/aromatic N) is 1. The van der Waals surface area contributed by atoms with E-state index in [-0.39, 0.29) is 17.3 Å². The fourth-order valence-corrected chi connectivity index (χ4v) is 6.81. The second-order valence-electron chi connectivity index (χ2n) is 8.50. The lowest BCUT2D eigenvalue weighted by Gasteiger charge is -2.25. The number of hydrogen-bond donors (Lipinski definition) is 1. The number of nitrogens with one attached hydrogen (secondary N) is 1. The number of methoxy groups -OCH3 is 2. The molecule has 1 aliphatic rings. The second-order valence-corrected chi connectivity index (χ2v) is 11.8. The van der Waals surface area contributed by atoms with Crippen molar-refractivity contribution in [2.45, 2.75) is 49.7 Å². The van der Waals surface area contributed by atoms with E-state index in [1.165, 1.54) is 52.0 Å². The number of carbonyl (C=O) groups excluding carboxylic acids is 1. The zero-order valence-corrected chi connectivity index (χ0v) is 21.9. The van der Waals surface area contributed by atoms with Gasteiger partial charge in [0, 0.05) is 23.6 Å². The zero-order chi connectivity index (χ0) is 24.7. The van der Waals surface area contributed by atoms with E-state index in [0.29, 0.717) is 29.0 Å².